The number of aromatic nitrogens is 2. The molecule has 190 valence electrons. The molecule has 38 heavy (non-hydrogen) atoms. The first kappa shape index (κ1) is 25.0. The lowest BCUT2D eigenvalue weighted by Crippen LogP contribution is -2.25. The number of para-hydroxylation sites is 1. The van der Waals surface area contributed by atoms with Crippen LogP contribution in [-0.4, -0.2) is 22.7 Å². The van der Waals surface area contributed by atoms with E-state index in [2.05, 4.69) is 15.6 Å². The standard InChI is InChI=1S/C30H25ClN4O3/c1-19-32-27-15-14-24(34-30(37)33-23-7-5-6-22(31)16-23)17-26(27)29(36)35(19)18-20-10-12-21(13-11-20)25-8-3-4-9-28(25)38-2/h3-17H,18H2,1-2H3,(H2,33,34,37). The number of ether oxygens (including phenoxy) is 1. The van der Waals surface area contributed by atoms with E-state index < -0.39 is 6.03 Å². The number of anilines is 2. The Morgan fingerprint density at radius 1 is 0.921 bits per heavy atom. The zero-order valence-corrected chi connectivity index (χ0v) is 21.6. The van der Waals surface area contributed by atoms with Crippen molar-refractivity contribution in [2.45, 2.75) is 13.5 Å². The predicted octanol–water partition coefficient (Wildman–Crippen LogP) is 6.73. The van der Waals surface area contributed by atoms with Gasteiger partial charge >= 0.3 is 6.03 Å². The molecule has 1 heterocycles. The van der Waals surface area contributed by atoms with E-state index in [0.29, 0.717) is 39.7 Å². The maximum Gasteiger partial charge on any atom is 0.323 e. The van der Waals surface area contributed by atoms with Crippen molar-refractivity contribution >= 4 is 39.9 Å². The Morgan fingerprint density at radius 2 is 1.66 bits per heavy atom. The van der Waals surface area contributed by atoms with Gasteiger partial charge in [0, 0.05) is 22.0 Å². The van der Waals surface area contributed by atoms with Crippen LogP contribution >= 0.6 is 11.6 Å². The zero-order chi connectivity index (χ0) is 26.6. The summed E-state index contributed by atoms with van der Waals surface area (Å²) in [6.45, 7) is 2.18. The van der Waals surface area contributed by atoms with Crippen molar-refractivity contribution in [2.75, 3.05) is 17.7 Å². The highest BCUT2D eigenvalue weighted by Gasteiger charge is 2.12. The van der Waals surface area contributed by atoms with Crippen molar-refractivity contribution in [3.8, 4) is 16.9 Å². The van der Waals surface area contributed by atoms with Crippen molar-refractivity contribution in [3.63, 3.8) is 0 Å². The molecule has 1 aromatic heterocycles. The predicted molar refractivity (Wildman–Crippen MR) is 152 cm³/mol. The average Bonchev–Trinajstić information content (AvgIpc) is 2.92. The highest BCUT2D eigenvalue weighted by Crippen LogP contribution is 2.29. The van der Waals surface area contributed by atoms with E-state index in [1.165, 1.54) is 0 Å². The lowest BCUT2D eigenvalue weighted by Gasteiger charge is -2.13. The summed E-state index contributed by atoms with van der Waals surface area (Å²) in [5.41, 5.74) is 4.42. The number of nitrogens with zero attached hydrogens (tertiary/aromatic N) is 2. The summed E-state index contributed by atoms with van der Waals surface area (Å²) in [6, 6.07) is 27.4. The molecule has 0 aliphatic heterocycles. The summed E-state index contributed by atoms with van der Waals surface area (Å²) in [7, 11) is 1.65. The molecule has 0 spiro atoms. The van der Waals surface area contributed by atoms with Gasteiger partial charge in [0.05, 0.1) is 24.6 Å². The second-order valence-corrected chi connectivity index (χ2v) is 9.21. The normalized spacial score (nSPS) is 10.8. The number of rotatable bonds is 6. The molecule has 0 saturated heterocycles. The van der Waals surface area contributed by atoms with Crippen LogP contribution in [0.5, 0.6) is 5.75 Å². The number of aryl methyl sites for hydroxylation is 1. The average molecular weight is 525 g/mol. The Hall–Kier alpha value is -4.62. The molecule has 0 unspecified atom stereocenters. The number of methoxy groups -OCH3 is 1. The van der Waals surface area contributed by atoms with Gasteiger partial charge in [0.15, 0.2) is 0 Å². The Bertz CT molecular complexity index is 1700. The fraction of sp³-hybridized carbons (Fsp3) is 0.100. The number of hydrogen-bond acceptors (Lipinski definition) is 4. The van der Waals surface area contributed by atoms with Gasteiger partial charge in [-0.15, -0.1) is 0 Å². The summed E-state index contributed by atoms with van der Waals surface area (Å²) < 4.78 is 7.11. The van der Waals surface area contributed by atoms with E-state index in [0.717, 1.165) is 22.4 Å². The topological polar surface area (TPSA) is 85.2 Å². The number of benzene rings is 4. The number of carbonyl (C=O) groups excluding carboxylic acids is 1. The van der Waals surface area contributed by atoms with Crippen LogP contribution < -0.4 is 20.9 Å². The molecule has 0 aliphatic carbocycles. The fourth-order valence-electron chi connectivity index (χ4n) is 4.31. The summed E-state index contributed by atoms with van der Waals surface area (Å²) >= 11 is 5.98. The lowest BCUT2D eigenvalue weighted by atomic mass is 10.0. The third kappa shape index (κ3) is 5.38. The molecular weight excluding hydrogens is 500 g/mol. The summed E-state index contributed by atoms with van der Waals surface area (Å²) in [5.74, 6) is 1.41. The lowest BCUT2D eigenvalue weighted by molar-refractivity contribution is 0.262. The second kappa shape index (κ2) is 10.8. The number of hydrogen-bond donors (Lipinski definition) is 2. The third-order valence-corrected chi connectivity index (χ3v) is 6.43. The number of urea groups is 1. The van der Waals surface area contributed by atoms with E-state index in [1.807, 2.05) is 55.5 Å². The van der Waals surface area contributed by atoms with Crippen LogP contribution in [0.1, 0.15) is 11.4 Å². The summed E-state index contributed by atoms with van der Waals surface area (Å²) in [6.07, 6.45) is 0. The molecule has 2 amide bonds. The number of amides is 2. The van der Waals surface area contributed by atoms with E-state index in [4.69, 9.17) is 16.3 Å². The first-order valence-electron chi connectivity index (χ1n) is 12.0. The van der Waals surface area contributed by atoms with E-state index in [1.54, 1.807) is 54.1 Å². The van der Waals surface area contributed by atoms with Crippen molar-refractivity contribution in [2.24, 2.45) is 0 Å². The van der Waals surface area contributed by atoms with Crippen molar-refractivity contribution in [1.82, 2.24) is 9.55 Å². The first-order valence-corrected chi connectivity index (χ1v) is 12.4. The third-order valence-electron chi connectivity index (χ3n) is 6.20. The molecule has 0 atom stereocenters. The monoisotopic (exact) mass is 524 g/mol. The van der Waals surface area contributed by atoms with Crippen LogP contribution in [0.3, 0.4) is 0 Å². The molecule has 0 fully saturated rings. The number of halogens is 1. The minimum atomic E-state index is -0.442. The van der Waals surface area contributed by atoms with Crippen LogP contribution in [0, 0.1) is 6.92 Å². The van der Waals surface area contributed by atoms with E-state index in [9.17, 15) is 9.59 Å². The van der Waals surface area contributed by atoms with Gasteiger partial charge in [-0.05, 0) is 60.5 Å². The molecule has 4 aromatic carbocycles. The zero-order valence-electron chi connectivity index (χ0n) is 20.9. The molecule has 2 N–H and O–H groups in total. The van der Waals surface area contributed by atoms with Gasteiger partial charge < -0.3 is 15.4 Å². The van der Waals surface area contributed by atoms with Crippen molar-refractivity contribution in [3.05, 3.63) is 118 Å². The van der Waals surface area contributed by atoms with Gasteiger partial charge in [0.1, 0.15) is 11.6 Å². The number of carbonyl (C=O) groups is 1. The maximum absolute atomic E-state index is 13.5. The Kier molecular flexibility index (Phi) is 7.11. The molecule has 0 saturated carbocycles. The first-order chi connectivity index (χ1) is 18.4. The number of fused-ring (bicyclic) bond motifs is 1. The van der Waals surface area contributed by atoms with Gasteiger partial charge in [-0.3, -0.25) is 9.36 Å². The van der Waals surface area contributed by atoms with Crippen molar-refractivity contribution < 1.29 is 9.53 Å². The summed E-state index contributed by atoms with van der Waals surface area (Å²) in [5, 5.41) is 6.43. The minimum absolute atomic E-state index is 0.180. The Morgan fingerprint density at radius 3 is 2.39 bits per heavy atom. The van der Waals surface area contributed by atoms with Gasteiger partial charge in [-0.1, -0.05) is 60.1 Å². The van der Waals surface area contributed by atoms with E-state index >= 15 is 0 Å². The van der Waals surface area contributed by atoms with Gasteiger partial charge in [0.25, 0.3) is 5.56 Å². The van der Waals surface area contributed by atoms with Gasteiger partial charge in [0.2, 0.25) is 0 Å². The van der Waals surface area contributed by atoms with Crippen LogP contribution in [-0.2, 0) is 6.54 Å². The largest absolute Gasteiger partial charge is 0.496 e. The van der Waals surface area contributed by atoms with E-state index in [-0.39, 0.29) is 5.56 Å². The van der Waals surface area contributed by atoms with Crippen LogP contribution in [0.15, 0.2) is 95.8 Å². The van der Waals surface area contributed by atoms with Crippen molar-refractivity contribution in [1.29, 1.82) is 0 Å². The Labute approximate surface area is 224 Å². The quantitative estimate of drug-likeness (QED) is 0.258. The smallest absolute Gasteiger partial charge is 0.323 e. The van der Waals surface area contributed by atoms with Gasteiger partial charge in [-0.2, -0.15) is 0 Å². The SMILES string of the molecule is COc1ccccc1-c1ccc(Cn2c(C)nc3ccc(NC(=O)Nc4cccc(Cl)c4)cc3c2=O)cc1. The summed E-state index contributed by atoms with van der Waals surface area (Å²) in [4.78, 5) is 30.6. The Balaban J connectivity index is 1.38. The minimum Gasteiger partial charge on any atom is -0.496 e. The molecule has 7 nitrogen and oxygen atoms in total. The second-order valence-electron chi connectivity index (χ2n) is 8.77. The molecule has 0 bridgehead atoms. The molecule has 0 radical (unpaired) electrons. The highest BCUT2D eigenvalue weighted by molar-refractivity contribution is 6.30. The maximum atomic E-state index is 13.5. The molecule has 8 heteroatoms. The van der Waals surface area contributed by atoms with Gasteiger partial charge in [-0.25, -0.2) is 9.78 Å². The molecule has 0 aliphatic rings. The number of nitrogens with one attached hydrogen (secondary N) is 2. The highest BCUT2D eigenvalue weighted by atomic mass is 35.5. The van der Waals surface area contributed by atoms with Crippen LogP contribution in [0.4, 0.5) is 16.2 Å². The molecular formula is C30H25ClN4O3. The molecule has 5 rings (SSSR count). The molecule has 5 aromatic rings. The van der Waals surface area contributed by atoms with Crippen LogP contribution in [0.25, 0.3) is 22.0 Å². The van der Waals surface area contributed by atoms with Crippen LogP contribution in [0.2, 0.25) is 5.02 Å². The fourth-order valence-corrected chi connectivity index (χ4v) is 4.50.